The van der Waals surface area contributed by atoms with Gasteiger partial charge in [-0.2, -0.15) is 0 Å². The summed E-state index contributed by atoms with van der Waals surface area (Å²) in [6, 6.07) is 0. The molecule has 0 aromatic heterocycles. The Kier molecular flexibility index (Phi) is 5.40. The van der Waals surface area contributed by atoms with Gasteiger partial charge in [-0.25, -0.2) is 5.32 Å². The molecule has 77 valence electrons. The van der Waals surface area contributed by atoms with E-state index >= 15 is 0 Å². The van der Waals surface area contributed by atoms with Crippen LogP contribution in [-0.4, -0.2) is 30.7 Å². The molecule has 1 saturated heterocycles. The molecule has 0 aromatic rings. The third-order valence-electron chi connectivity index (χ3n) is 2.65. The average molecular weight is 183 g/mol. The summed E-state index contributed by atoms with van der Waals surface area (Å²) >= 11 is 0. The summed E-state index contributed by atoms with van der Waals surface area (Å²) in [6.45, 7) is 8.05. The normalized spacial score (nSPS) is 23.8. The van der Waals surface area contributed by atoms with Crippen molar-refractivity contribution >= 4 is 0 Å². The van der Waals surface area contributed by atoms with Crippen molar-refractivity contribution in [1.29, 1.82) is 0 Å². The van der Waals surface area contributed by atoms with Crippen molar-refractivity contribution < 1.29 is 0 Å². The van der Waals surface area contributed by atoms with Crippen LogP contribution in [0, 0.1) is 0 Å². The lowest BCUT2D eigenvalue weighted by Gasteiger charge is -2.33. The zero-order valence-electron chi connectivity index (χ0n) is 9.13. The van der Waals surface area contributed by atoms with E-state index in [-0.39, 0.29) is 0 Å². The Bertz CT molecular complexity index is 113. The Balaban J connectivity index is 2.32. The molecule has 1 radical (unpaired) electrons. The molecule has 2 heteroatoms. The highest BCUT2D eigenvalue weighted by Crippen LogP contribution is 2.13. The SMILES string of the molecule is CCCN(CCC)C1CCCC[N]1. The molecule has 0 saturated carbocycles. The van der Waals surface area contributed by atoms with E-state index in [2.05, 4.69) is 18.7 Å². The molecule has 1 atom stereocenters. The lowest BCUT2D eigenvalue weighted by Crippen LogP contribution is -2.45. The van der Waals surface area contributed by atoms with Crippen LogP contribution >= 0.6 is 0 Å². The highest BCUT2D eigenvalue weighted by atomic mass is 15.3. The van der Waals surface area contributed by atoms with Crippen molar-refractivity contribution in [3.05, 3.63) is 0 Å². The van der Waals surface area contributed by atoms with Gasteiger partial charge in [0.05, 0.1) is 6.17 Å². The predicted molar refractivity (Wildman–Crippen MR) is 56.8 cm³/mol. The number of hydrogen-bond acceptors (Lipinski definition) is 1. The van der Waals surface area contributed by atoms with Gasteiger partial charge in [0.2, 0.25) is 0 Å². The zero-order chi connectivity index (χ0) is 9.52. The minimum Gasteiger partial charge on any atom is -0.287 e. The summed E-state index contributed by atoms with van der Waals surface area (Å²) < 4.78 is 0. The van der Waals surface area contributed by atoms with Crippen LogP contribution in [0.4, 0.5) is 0 Å². The molecule has 13 heavy (non-hydrogen) atoms. The molecule has 0 amide bonds. The maximum Gasteiger partial charge on any atom is 0.0760 e. The van der Waals surface area contributed by atoms with Crippen LogP contribution in [0.25, 0.3) is 0 Å². The van der Waals surface area contributed by atoms with Crippen LogP contribution in [0.15, 0.2) is 0 Å². The van der Waals surface area contributed by atoms with Gasteiger partial charge in [-0.3, -0.25) is 4.90 Å². The second-order valence-corrected chi connectivity index (χ2v) is 3.92. The minimum atomic E-state index is 0.550. The number of hydrogen-bond donors (Lipinski definition) is 0. The molecule has 0 aliphatic carbocycles. The molecule has 1 rings (SSSR count). The Hall–Kier alpha value is -0.0800. The Labute approximate surface area is 82.7 Å². The van der Waals surface area contributed by atoms with Gasteiger partial charge >= 0.3 is 0 Å². The predicted octanol–water partition coefficient (Wildman–Crippen LogP) is 2.22. The second-order valence-electron chi connectivity index (χ2n) is 3.92. The number of rotatable bonds is 5. The monoisotopic (exact) mass is 183 g/mol. The topological polar surface area (TPSA) is 17.3 Å². The summed E-state index contributed by atoms with van der Waals surface area (Å²) in [5, 5.41) is 4.69. The van der Waals surface area contributed by atoms with Crippen LogP contribution in [0.1, 0.15) is 46.0 Å². The first-order valence-electron chi connectivity index (χ1n) is 5.79. The van der Waals surface area contributed by atoms with E-state index in [1.165, 1.54) is 45.2 Å². The molecule has 1 fully saturated rings. The second kappa shape index (κ2) is 6.39. The Morgan fingerprint density at radius 3 is 2.31 bits per heavy atom. The lowest BCUT2D eigenvalue weighted by atomic mass is 10.1. The standard InChI is InChI=1S/C11H23N2/c1-3-9-13(10-4-2)11-7-5-6-8-12-11/h11H,3-10H2,1-2H3. The Morgan fingerprint density at radius 1 is 1.15 bits per heavy atom. The van der Waals surface area contributed by atoms with Crippen molar-refractivity contribution in [2.45, 2.75) is 52.1 Å². The summed E-state index contributed by atoms with van der Waals surface area (Å²) in [7, 11) is 0. The van der Waals surface area contributed by atoms with Crippen LogP contribution in [0.2, 0.25) is 0 Å². The summed E-state index contributed by atoms with van der Waals surface area (Å²) in [4.78, 5) is 2.55. The van der Waals surface area contributed by atoms with Crippen molar-refractivity contribution in [1.82, 2.24) is 10.2 Å². The van der Waals surface area contributed by atoms with Crippen LogP contribution in [-0.2, 0) is 0 Å². The van der Waals surface area contributed by atoms with E-state index in [1.54, 1.807) is 0 Å². The smallest absolute Gasteiger partial charge is 0.0760 e. The van der Waals surface area contributed by atoms with Crippen molar-refractivity contribution in [2.24, 2.45) is 0 Å². The third kappa shape index (κ3) is 3.65. The van der Waals surface area contributed by atoms with E-state index in [0.717, 1.165) is 6.54 Å². The number of piperidine rings is 1. The van der Waals surface area contributed by atoms with Gasteiger partial charge in [-0.15, -0.1) is 0 Å². The average Bonchev–Trinajstić information content (AvgIpc) is 2.19. The maximum atomic E-state index is 4.69. The molecule has 0 spiro atoms. The highest BCUT2D eigenvalue weighted by molar-refractivity contribution is 4.73. The van der Waals surface area contributed by atoms with Crippen LogP contribution < -0.4 is 5.32 Å². The first kappa shape index (κ1) is 11.0. The fraction of sp³-hybridized carbons (Fsp3) is 1.00. The molecular formula is C11H23N2. The molecule has 1 aliphatic rings. The van der Waals surface area contributed by atoms with E-state index in [4.69, 9.17) is 5.32 Å². The minimum absolute atomic E-state index is 0.550. The van der Waals surface area contributed by atoms with E-state index in [0.29, 0.717) is 6.17 Å². The van der Waals surface area contributed by atoms with Gasteiger partial charge in [0.1, 0.15) is 0 Å². The van der Waals surface area contributed by atoms with Crippen molar-refractivity contribution in [3.8, 4) is 0 Å². The maximum absolute atomic E-state index is 4.69. The van der Waals surface area contributed by atoms with Crippen molar-refractivity contribution in [2.75, 3.05) is 19.6 Å². The molecule has 1 aliphatic heterocycles. The van der Waals surface area contributed by atoms with Gasteiger partial charge < -0.3 is 0 Å². The first-order chi connectivity index (χ1) is 6.38. The fourth-order valence-electron chi connectivity index (χ4n) is 2.05. The zero-order valence-corrected chi connectivity index (χ0v) is 9.13. The first-order valence-corrected chi connectivity index (χ1v) is 5.79. The van der Waals surface area contributed by atoms with Gasteiger partial charge in [-0.1, -0.05) is 13.8 Å². The molecule has 1 heterocycles. The third-order valence-corrected chi connectivity index (χ3v) is 2.65. The van der Waals surface area contributed by atoms with Gasteiger partial charge in [0.15, 0.2) is 0 Å². The van der Waals surface area contributed by atoms with Gasteiger partial charge in [0.25, 0.3) is 0 Å². The van der Waals surface area contributed by atoms with Crippen LogP contribution in [0.3, 0.4) is 0 Å². The molecule has 1 unspecified atom stereocenters. The number of nitrogens with zero attached hydrogens (tertiary/aromatic N) is 2. The van der Waals surface area contributed by atoms with E-state index in [9.17, 15) is 0 Å². The molecule has 0 N–H and O–H groups in total. The molecule has 0 bridgehead atoms. The summed E-state index contributed by atoms with van der Waals surface area (Å²) in [5.41, 5.74) is 0. The van der Waals surface area contributed by atoms with Gasteiger partial charge in [0, 0.05) is 6.54 Å². The van der Waals surface area contributed by atoms with Crippen LogP contribution in [0.5, 0.6) is 0 Å². The fourth-order valence-corrected chi connectivity index (χ4v) is 2.05. The molecule has 0 aromatic carbocycles. The van der Waals surface area contributed by atoms with Crippen molar-refractivity contribution in [3.63, 3.8) is 0 Å². The summed E-state index contributed by atoms with van der Waals surface area (Å²) in [6.07, 6.45) is 7.03. The largest absolute Gasteiger partial charge is 0.287 e. The highest BCUT2D eigenvalue weighted by Gasteiger charge is 2.19. The molecule has 2 nitrogen and oxygen atoms in total. The van der Waals surface area contributed by atoms with Gasteiger partial charge in [-0.05, 0) is 45.2 Å². The van der Waals surface area contributed by atoms with E-state index < -0.39 is 0 Å². The van der Waals surface area contributed by atoms with E-state index in [1.807, 2.05) is 0 Å². The summed E-state index contributed by atoms with van der Waals surface area (Å²) in [5.74, 6) is 0. The quantitative estimate of drug-likeness (QED) is 0.639. The Morgan fingerprint density at radius 2 is 1.85 bits per heavy atom. The molecular weight excluding hydrogens is 160 g/mol. The lowest BCUT2D eigenvalue weighted by molar-refractivity contribution is 0.134.